The van der Waals surface area contributed by atoms with E-state index in [4.69, 9.17) is 0 Å². The van der Waals surface area contributed by atoms with Crippen molar-refractivity contribution in [1.29, 1.82) is 0 Å². The molecule has 1 aromatic carbocycles. The van der Waals surface area contributed by atoms with Gasteiger partial charge >= 0.3 is 6.18 Å². The summed E-state index contributed by atoms with van der Waals surface area (Å²) in [5.41, 5.74) is 0.576. The largest absolute Gasteiger partial charge is 0.390 e. The molecule has 3 aromatic rings. The zero-order chi connectivity index (χ0) is 22.9. The molecule has 1 saturated heterocycles. The van der Waals surface area contributed by atoms with Gasteiger partial charge in [-0.2, -0.15) is 18.3 Å². The van der Waals surface area contributed by atoms with E-state index in [0.717, 1.165) is 0 Å². The second kappa shape index (κ2) is 8.69. The van der Waals surface area contributed by atoms with Crippen LogP contribution in [0.2, 0.25) is 0 Å². The summed E-state index contributed by atoms with van der Waals surface area (Å²) in [5, 5.41) is 9.99. The summed E-state index contributed by atoms with van der Waals surface area (Å²) in [6.07, 6.45) is -0.552. The van der Waals surface area contributed by atoms with Crippen LogP contribution < -0.4 is 15.5 Å². The van der Waals surface area contributed by atoms with Crippen LogP contribution in [0.3, 0.4) is 0 Å². The lowest BCUT2D eigenvalue weighted by molar-refractivity contribution is -0.133. The van der Waals surface area contributed by atoms with Gasteiger partial charge in [-0.3, -0.25) is 9.48 Å². The summed E-state index contributed by atoms with van der Waals surface area (Å²) >= 11 is 0. The average molecular weight is 451 g/mol. The number of hydrogen-bond donors (Lipinski definition) is 2. The topological polar surface area (TPSA) is 88.0 Å². The molecule has 3 heterocycles. The molecule has 32 heavy (non-hydrogen) atoms. The Bertz CT molecular complexity index is 1110. The number of benzene rings is 1. The molecule has 2 aromatic heterocycles. The minimum Gasteiger partial charge on any atom is -0.355 e. The first-order chi connectivity index (χ1) is 15.2. The molecule has 0 atom stereocenters. The Hall–Kier alpha value is -3.28. The molecule has 0 unspecified atom stereocenters. The quantitative estimate of drug-likeness (QED) is 0.424. The fourth-order valence-electron chi connectivity index (χ4n) is 3.50. The third kappa shape index (κ3) is 5.13. The highest BCUT2D eigenvalue weighted by molar-refractivity contribution is 6.03. The third-order valence-electron chi connectivity index (χ3n) is 5.10. The van der Waals surface area contributed by atoms with Gasteiger partial charge in [-0.1, -0.05) is 0 Å². The SMILES string of the molecule is Cn1cc2cc(NC(=O)c3cnc(N4CC(CNCCC(F)(F)F)C4)cn3)cc(F)c2n1. The fourth-order valence-corrected chi connectivity index (χ4v) is 3.50. The van der Waals surface area contributed by atoms with E-state index in [-0.39, 0.29) is 29.4 Å². The molecular formula is C20H21F4N7O. The maximum atomic E-state index is 14.2. The van der Waals surface area contributed by atoms with Gasteiger partial charge in [0, 0.05) is 56.4 Å². The summed E-state index contributed by atoms with van der Waals surface area (Å²) in [6, 6.07) is 2.81. The number of anilines is 2. The highest BCUT2D eigenvalue weighted by Crippen LogP contribution is 2.24. The van der Waals surface area contributed by atoms with Gasteiger partial charge in [0.1, 0.15) is 17.0 Å². The lowest BCUT2D eigenvalue weighted by Crippen LogP contribution is -2.51. The Labute approximate surface area is 180 Å². The first-order valence-electron chi connectivity index (χ1n) is 9.96. The number of aromatic nitrogens is 4. The van der Waals surface area contributed by atoms with E-state index in [2.05, 4.69) is 25.7 Å². The molecule has 8 nitrogen and oxygen atoms in total. The van der Waals surface area contributed by atoms with Crippen molar-refractivity contribution in [2.45, 2.75) is 12.6 Å². The van der Waals surface area contributed by atoms with Crippen LogP contribution in [0.5, 0.6) is 0 Å². The van der Waals surface area contributed by atoms with Gasteiger partial charge in [0.05, 0.1) is 18.8 Å². The Morgan fingerprint density at radius 2 is 2.00 bits per heavy atom. The van der Waals surface area contributed by atoms with E-state index in [9.17, 15) is 22.4 Å². The Morgan fingerprint density at radius 1 is 1.22 bits per heavy atom. The van der Waals surface area contributed by atoms with Crippen LogP contribution in [0, 0.1) is 11.7 Å². The maximum absolute atomic E-state index is 14.2. The van der Waals surface area contributed by atoms with Gasteiger partial charge in [-0.25, -0.2) is 14.4 Å². The van der Waals surface area contributed by atoms with Crippen LogP contribution in [0.4, 0.5) is 29.1 Å². The molecule has 1 fully saturated rings. The van der Waals surface area contributed by atoms with E-state index in [1.165, 1.54) is 23.1 Å². The van der Waals surface area contributed by atoms with Crippen molar-refractivity contribution in [3.8, 4) is 0 Å². The number of rotatable bonds is 7. The average Bonchev–Trinajstić information content (AvgIpc) is 3.06. The van der Waals surface area contributed by atoms with E-state index < -0.39 is 24.3 Å². The number of alkyl halides is 3. The number of carbonyl (C=O) groups excluding carboxylic acids is 1. The number of fused-ring (bicyclic) bond motifs is 1. The van der Waals surface area contributed by atoms with Crippen molar-refractivity contribution in [1.82, 2.24) is 25.1 Å². The highest BCUT2D eigenvalue weighted by atomic mass is 19.4. The molecule has 12 heteroatoms. The Morgan fingerprint density at radius 3 is 2.69 bits per heavy atom. The molecule has 0 aliphatic carbocycles. The van der Waals surface area contributed by atoms with Gasteiger partial charge in [-0.05, 0) is 12.1 Å². The second-order valence-corrected chi connectivity index (χ2v) is 7.75. The number of nitrogens with one attached hydrogen (secondary N) is 2. The number of hydrogen-bond acceptors (Lipinski definition) is 6. The molecule has 0 spiro atoms. The van der Waals surface area contributed by atoms with Gasteiger partial charge < -0.3 is 15.5 Å². The first kappa shape index (κ1) is 21.9. The summed E-state index contributed by atoms with van der Waals surface area (Å²) in [7, 11) is 1.68. The number of halogens is 4. The zero-order valence-corrected chi connectivity index (χ0v) is 17.2. The lowest BCUT2D eigenvalue weighted by Gasteiger charge is -2.40. The van der Waals surface area contributed by atoms with Crippen molar-refractivity contribution in [2.24, 2.45) is 13.0 Å². The zero-order valence-electron chi connectivity index (χ0n) is 17.2. The van der Waals surface area contributed by atoms with Crippen LogP contribution in [0.1, 0.15) is 16.9 Å². The number of nitrogens with zero attached hydrogens (tertiary/aromatic N) is 5. The molecule has 2 N–H and O–H groups in total. The second-order valence-electron chi connectivity index (χ2n) is 7.75. The van der Waals surface area contributed by atoms with E-state index in [1.54, 1.807) is 19.3 Å². The third-order valence-corrected chi connectivity index (χ3v) is 5.10. The summed E-state index contributed by atoms with van der Waals surface area (Å²) in [4.78, 5) is 22.7. The predicted molar refractivity (Wildman–Crippen MR) is 110 cm³/mol. The van der Waals surface area contributed by atoms with Gasteiger partial charge in [0.15, 0.2) is 5.82 Å². The predicted octanol–water partition coefficient (Wildman–Crippen LogP) is 2.73. The molecule has 4 rings (SSSR count). The van der Waals surface area contributed by atoms with Crippen LogP contribution in [-0.4, -0.2) is 58.0 Å². The molecule has 0 saturated carbocycles. The highest BCUT2D eigenvalue weighted by Gasteiger charge is 2.29. The molecule has 0 radical (unpaired) electrons. The van der Waals surface area contributed by atoms with E-state index in [1.807, 2.05) is 4.90 Å². The van der Waals surface area contributed by atoms with Crippen molar-refractivity contribution in [3.63, 3.8) is 0 Å². The molecule has 1 aliphatic heterocycles. The molecule has 0 bridgehead atoms. The number of amides is 1. The fraction of sp³-hybridized carbons (Fsp3) is 0.400. The van der Waals surface area contributed by atoms with Crippen molar-refractivity contribution in [3.05, 3.63) is 42.2 Å². The maximum Gasteiger partial charge on any atom is 0.390 e. The molecular weight excluding hydrogens is 430 g/mol. The van der Waals surface area contributed by atoms with Gasteiger partial charge in [0.2, 0.25) is 0 Å². The van der Waals surface area contributed by atoms with Crippen LogP contribution in [-0.2, 0) is 7.05 Å². The standard InChI is InChI=1S/C20H21F4N7O/c1-30-11-13-4-14(5-15(21)18(13)29-30)28-19(32)16-7-27-17(8-26-16)31-9-12(10-31)6-25-3-2-20(22,23)24/h4-5,7-8,11-12,25H,2-3,6,9-10H2,1H3,(H,28,32). The van der Waals surface area contributed by atoms with Crippen LogP contribution in [0.25, 0.3) is 10.9 Å². The first-order valence-corrected chi connectivity index (χ1v) is 9.96. The minimum atomic E-state index is -4.15. The smallest absolute Gasteiger partial charge is 0.355 e. The van der Waals surface area contributed by atoms with Gasteiger partial charge in [0.25, 0.3) is 5.91 Å². The molecule has 1 aliphatic rings. The van der Waals surface area contributed by atoms with E-state index >= 15 is 0 Å². The normalized spacial score (nSPS) is 14.6. The monoisotopic (exact) mass is 451 g/mol. The van der Waals surface area contributed by atoms with Gasteiger partial charge in [-0.15, -0.1) is 0 Å². The summed E-state index contributed by atoms with van der Waals surface area (Å²) < 4.78 is 52.1. The van der Waals surface area contributed by atoms with Crippen molar-refractivity contribution >= 4 is 28.3 Å². The summed E-state index contributed by atoms with van der Waals surface area (Å²) in [5.74, 6) is -0.261. The summed E-state index contributed by atoms with van der Waals surface area (Å²) in [6.45, 7) is 1.69. The van der Waals surface area contributed by atoms with Crippen molar-refractivity contribution in [2.75, 3.05) is 36.4 Å². The van der Waals surface area contributed by atoms with Crippen molar-refractivity contribution < 1.29 is 22.4 Å². The van der Waals surface area contributed by atoms with Crippen LogP contribution in [0.15, 0.2) is 30.7 Å². The lowest BCUT2D eigenvalue weighted by atomic mass is 10.0. The number of carbonyl (C=O) groups is 1. The van der Waals surface area contributed by atoms with E-state index in [0.29, 0.717) is 30.8 Å². The Kier molecular flexibility index (Phi) is 5.96. The number of aryl methyl sites for hydroxylation is 1. The Balaban J connectivity index is 1.28. The molecule has 170 valence electrons. The molecule has 1 amide bonds. The van der Waals surface area contributed by atoms with Crippen LogP contribution >= 0.6 is 0 Å². The minimum absolute atomic E-state index is 0.0753.